The van der Waals surface area contributed by atoms with Crippen LogP contribution in [0.3, 0.4) is 0 Å². The molecule has 1 N–H and O–H groups in total. The summed E-state index contributed by atoms with van der Waals surface area (Å²) in [5.41, 5.74) is 1.77. The van der Waals surface area contributed by atoms with Crippen molar-refractivity contribution in [2.45, 2.75) is 39.2 Å². The predicted molar refractivity (Wildman–Crippen MR) is 72.8 cm³/mol. The number of anilines is 1. The maximum Gasteiger partial charge on any atom is 0.339 e. The molecule has 0 spiro atoms. The van der Waals surface area contributed by atoms with E-state index in [1.165, 1.54) is 20.0 Å². The summed E-state index contributed by atoms with van der Waals surface area (Å²) in [5.74, 6) is -0.283. The number of rotatable bonds is 3. The summed E-state index contributed by atoms with van der Waals surface area (Å²) in [5, 5.41) is 3.51. The molecule has 3 heteroatoms. The second kappa shape index (κ2) is 5.01. The van der Waals surface area contributed by atoms with Gasteiger partial charge >= 0.3 is 5.97 Å². The molecule has 2 rings (SSSR count). The van der Waals surface area contributed by atoms with E-state index in [1.807, 2.05) is 18.2 Å². The van der Waals surface area contributed by atoms with Crippen molar-refractivity contribution < 1.29 is 9.53 Å². The third-order valence-electron chi connectivity index (χ3n) is 3.92. The van der Waals surface area contributed by atoms with Gasteiger partial charge in [-0.3, -0.25) is 0 Å². The monoisotopic (exact) mass is 247 g/mol. The molecule has 0 heterocycles. The Balaban J connectivity index is 2.21. The van der Waals surface area contributed by atoms with Crippen LogP contribution in [0.4, 0.5) is 5.69 Å². The lowest BCUT2D eigenvalue weighted by molar-refractivity contribution is 0.0601. The molecule has 0 bridgehead atoms. The van der Waals surface area contributed by atoms with Crippen LogP contribution in [0.1, 0.15) is 43.5 Å². The number of nitrogens with one attached hydrogen (secondary N) is 1. The SMILES string of the molecule is COC(=O)c1ccccc1NC1CCCC1(C)C. The van der Waals surface area contributed by atoms with Gasteiger partial charge in [-0.1, -0.05) is 32.4 Å². The normalized spacial score (nSPS) is 21.6. The van der Waals surface area contributed by atoms with Crippen LogP contribution in [0.15, 0.2) is 24.3 Å². The van der Waals surface area contributed by atoms with Crippen molar-refractivity contribution in [3.63, 3.8) is 0 Å². The van der Waals surface area contributed by atoms with Gasteiger partial charge < -0.3 is 10.1 Å². The second-order valence-corrected chi connectivity index (χ2v) is 5.61. The van der Waals surface area contributed by atoms with Gasteiger partial charge in [-0.15, -0.1) is 0 Å². The molecule has 0 amide bonds. The number of carbonyl (C=O) groups is 1. The second-order valence-electron chi connectivity index (χ2n) is 5.61. The number of carbonyl (C=O) groups excluding carboxylic acids is 1. The molecular weight excluding hydrogens is 226 g/mol. The summed E-state index contributed by atoms with van der Waals surface area (Å²) < 4.78 is 4.81. The minimum atomic E-state index is -0.283. The molecule has 0 aromatic heterocycles. The van der Waals surface area contributed by atoms with E-state index in [2.05, 4.69) is 19.2 Å². The van der Waals surface area contributed by atoms with E-state index in [0.29, 0.717) is 11.6 Å². The first-order valence-corrected chi connectivity index (χ1v) is 6.48. The Bertz CT molecular complexity index is 440. The molecule has 18 heavy (non-hydrogen) atoms. The number of hydrogen-bond donors (Lipinski definition) is 1. The molecule has 0 aliphatic heterocycles. The van der Waals surface area contributed by atoms with Crippen LogP contribution in [0, 0.1) is 5.41 Å². The maximum absolute atomic E-state index is 11.7. The minimum Gasteiger partial charge on any atom is -0.465 e. The molecule has 1 aromatic carbocycles. The molecule has 98 valence electrons. The third kappa shape index (κ3) is 2.50. The Morgan fingerprint density at radius 1 is 1.39 bits per heavy atom. The van der Waals surface area contributed by atoms with Gasteiger partial charge in [0.05, 0.1) is 12.7 Å². The van der Waals surface area contributed by atoms with Gasteiger partial charge in [-0.2, -0.15) is 0 Å². The minimum absolute atomic E-state index is 0.281. The summed E-state index contributed by atoms with van der Waals surface area (Å²) in [6.45, 7) is 4.55. The van der Waals surface area contributed by atoms with Gasteiger partial charge in [0, 0.05) is 11.7 Å². The Kier molecular flexibility index (Phi) is 3.60. The van der Waals surface area contributed by atoms with Gasteiger partial charge in [-0.05, 0) is 30.4 Å². The number of esters is 1. The van der Waals surface area contributed by atoms with Gasteiger partial charge in [0.1, 0.15) is 0 Å². The van der Waals surface area contributed by atoms with Crippen LogP contribution in [0.5, 0.6) is 0 Å². The van der Waals surface area contributed by atoms with Crippen molar-refractivity contribution >= 4 is 11.7 Å². The van der Waals surface area contributed by atoms with Crippen LogP contribution in [0.2, 0.25) is 0 Å². The quantitative estimate of drug-likeness (QED) is 0.831. The molecular formula is C15H21NO2. The van der Waals surface area contributed by atoms with E-state index in [9.17, 15) is 4.79 Å². The lowest BCUT2D eigenvalue weighted by Crippen LogP contribution is -2.31. The van der Waals surface area contributed by atoms with Crippen molar-refractivity contribution in [1.29, 1.82) is 0 Å². The molecule has 1 fully saturated rings. The molecule has 0 saturated heterocycles. The first-order valence-electron chi connectivity index (χ1n) is 6.48. The van der Waals surface area contributed by atoms with E-state index >= 15 is 0 Å². The summed E-state index contributed by atoms with van der Waals surface area (Å²) in [6, 6.07) is 7.97. The highest BCUT2D eigenvalue weighted by atomic mass is 16.5. The van der Waals surface area contributed by atoms with Crippen LogP contribution < -0.4 is 5.32 Å². The first kappa shape index (κ1) is 12.9. The Hall–Kier alpha value is -1.51. The Morgan fingerprint density at radius 2 is 2.11 bits per heavy atom. The lowest BCUT2D eigenvalue weighted by Gasteiger charge is -2.29. The average molecular weight is 247 g/mol. The van der Waals surface area contributed by atoms with E-state index in [1.54, 1.807) is 6.07 Å². The summed E-state index contributed by atoms with van der Waals surface area (Å²) in [7, 11) is 1.42. The molecule has 3 nitrogen and oxygen atoms in total. The summed E-state index contributed by atoms with van der Waals surface area (Å²) in [6.07, 6.45) is 3.62. The van der Waals surface area contributed by atoms with E-state index < -0.39 is 0 Å². The van der Waals surface area contributed by atoms with Crippen LogP contribution in [-0.4, -0.2) is 19.1 Å². The van der Waals surface area contributed by atoms with Crippen molar-refractivity contribution in [1.82, 2.24) is 0 Å². The van der Waals surface area contributed by atoms with Crippen LogP contribution in [0.25, 0.3) is 0 Å². The third-order valence-corrected chi connectivity index (χ3v) is 3.92. The fourth-order valence-electron chi connectivity index (χ4n) is 2.68. The van der Waals surface area contributed by atoms with Crippen LogP contribution >= 0.6 is 0 Å². The van der Waals surface area contributed by atoms with Crippen molar-refractivity contribution in [2.24, 2.45) is 5.41 Å². The fraction of sp³-hybridized carbons (Fsp3) is 0.533. The van der Waals surface area contributed by atoms with E-state index in [0.717, 1.165) is 12.1 Å². The first-order chi connectivity index (χ1) is 8.54. The highest BCUT2D eigenvalue weighted by molar-refractivity contribution is 5.95. The van der Waals surface area contributed by atoms with E-state index in [-0.39, 0.29) is 11.4 Å². The van der Waals surface area contributed by atoms with Crippen molar-refractivity contribution in [3.8, 4) is 0 Å². The zero-order valence-corrected chi connectivity index (χ0v) is 11.3. The maximum atomic E-state index is 11.7. The zero-order chi connectivity index (χ0) is 13.2. The topological polar surface area (TPSA) is 38.3 Å². The van der Waals surface area contributed by atoms with E-state index in [4.69, 9.17) is 4.74 Å². The molecule has 1 aliphatic rings. The number of hydrogen-bond acceptors (Lipinski definition) is 3. The van der Waals surface area contributed by atoms with Gasteiger partial charge in [0.15, 0.2) is 0 Å². The summed E-state index contributed by atoms with van der Waals surface area (Å²) in [4.78, 5) is 11.7. The Morgan fingerprint density at radius 3 is 2.72 bits per heavy atom. The molecule has 1 aromatic rings. The molecule has 0 radical (unpaired) electrons. The lowest BCUT2D eigenvalue weighted by atomic mass is 9.87. The smallest absolute Gasteiger partial charge is 0.339 e. The number of ether oxygens (including phenoxy) is 1. The standard InChI is InChI=1S/C15H21NO2/c1-15(2)10-6-9-13(15)16-12-8-5-4-7-11(12)14(17)18-3/h4-5,7-8,13,16H,6,9-10H2,1-3H3. The summed E-state index contributed by atoms with van der Waals surface area (Å²) >= 11 is 0. The van der Waals surface area contributed by atoms with Gasteiger partial charge in [0.2, 0.25) is 0 Å². The zero-order valence-electron chi connectivity index (χ0n) is 11.3. The van der Waals surface area contributed by atoms with Gasteiger partial charge in [-0.25, -0.2) is 4.79 Å². The number of benzene rings is 1. The largest absolute Gasteiger partial charge is 0.465 e. The van der Waals surface area contributed by atoms with Crippen molar-refractivity contribution in [3.05, 3.63) is 29.8 Å². The average Bonchev–Trinajstić information content (AvgIpc) is 2.68. The van der Waals surface area contributed by atoms with Crippen LogP contribution in [-0.2, 0) is 4.74 Å². The number of para-hydroxylation sites is 1. The highest BCUT2D eigenvalue weighted by Crippen LogP contribution is 2.39. The van der Waals surface area contributed by atoms with Crippen molar-refractivity contribution in [2.75, 3.05) is 12.4 Å². The van der Waals surface area contributed by atoms with Gasteiger partial charge in [0.25, 0.3) is 0 Å². The molecule has 1 unspecified atom stereocenters. The predicted octanol–water partition coefficient (Wildman–Crippen LogP) is 3.46. The Labute approximate surface area is 109 Å². The molecule has 1 saturated carbocycles. The molecule has 1 atom stereocenters. The fourth-order valence-corrected chi connectivity index (χ4v) is 2.68. The highest BCUT2D eigenvalue weighted by Gasteiger charge is 2.34. The number of methoxy groups -OCH3 is 1. The molecule has 1 aliphatic carbocycles.